The van der Waals surface area contributed by atoms with Crippen molar-refractivity contribution in [1.29, 1.82) is 0 Å². The second kappa shape index (κ2) is 5.98. The third-order valence-electron chi connectivity index (χ3n) is 2.73. The summed E-state index contributed by atoms with van der Waals surface area (Å²) in [5.41, 5.74) is 0. The van der Waals surface area contributed by atoms with Crippen LogP contribution < -0.4 is 5.32 Å². The minimum absolute atomic E-state index is 0.239. The molecule has 0 aliphatic heterocycles. The fourth-order valence-corrected chi connectivity index (χ4v) is 1.93. The lowest BCUT2D eigenvalue weighted by molar-refractivity contribution is 0.0484. The molecule has 0 saturated heterocycles. The first-order valence-corrected chi connectivity index (χ1v) is 5.15. The van der Waals surface area contributed by atoms with Crippen molar-refractivity contribution in [1.82, 2.24) is 5.32 Å². The van der Waals surface area contributed by atoms with Gasteiger partial charge in [0.2, 0.25) is 6.43 Å². The van der Waals surface area contributed by atoms with Gasteiger partial charge in [0.25, 0.3) is 0 Å². The summed E-state index contributed by atoms with van der Waals surface area (Å²) >= 11 is 0. The standard InChI is InChI=1S/C11H17F2N/c1-2-3-7-14-10-6-4-5-9(8-10)11(12)13/h9-11,14H,4-8H2,1H3. The summed E-state index contributed by atoms with van der Waals surface area (Å²) in [6.07, 6.45) is 1.04. The minimum Gasteiger partial charge on any atom is -0.303 e. The highest BCUT2D eigenvalue weighted by Crippen LogP contribution is 2.28. The van der Waals surface area contributed by atoms with E-state index in [1.807, 2.05) is 0 Å². The Hall–Kier alpha value is -0.620. The normalized spacial score (nSPS) is 27.1. The van der Waals surface area contributed by atoms with Crippen LogP contribution in [0.3, 0.4) is 0 Å². The van der Waals surface area contributed by atoms with E-state index in [4.69, 9.17) is 0 Å². The van der Waals surface area contributed by atoms with Crippen LogP contribution >= 0.6 is 0 Å². The van der Waals surface area contributed by atoms with Gasteiger partial charge in [-0.1, -0.05) is 12.3 Å². The van der Waals surface area contributed by atoms with Gasteiger partial charge in [-0.2, -0.15) is 0 Å². The van der Waals surface area contributed by atoms with Crippen molar-refractivity contribution in [2.24, 2.45) is 5.92 Å². The van der Waals surface area contributed by atoms with Crippen LogP contribution in [0.5, 0.6) is 0 Å². The summed E-state index contributed by atoms with van der Waals surface area (Å²) in [5, 5.41) is 3.20. The molecule has 1 nitrogen and oxygen atoms in total. The van der Waals surface area contributed by atoms with Gasteiger partial charge in [0.15, 0.2) is 0 Å². The molecule has 2 unspecified atom stereocenters. The maximum Gasteiger partial charge on any atom is 0.241 e. The Balaban J connectivity index is 2.27. The molecule has 1 aliphatic carbocycles. The molecule has 0 bridgehead atoms. The molecule has 1 aliphatic rings. The Labute approximate surface area is 84.3 Å². The van der Waals surface area contributed by atoms with Crippen LogP contribution in [-0.4, -0.2) is 19.0 Å². The van der Waals surface area contributed by atoms with Crippen LogP contribution in [-0.2, 0) is 0 Å². The van der Waals surface area contributed by atoms with E-state index in [0.717, 1.165) is 12.8 Å². The van der Waals surface area contributed by atoms with E-state index >= 15 is 0 Å². The second-order valence-electron chi connectivity index (χ2n) is 3.77. The van der Waals surface area contributed by atoms with E-state index in [0.29, 0.717) is 19.4 Å². The van der Waals surface area contributed by atoms with Gasteiger partial charge in [-0.05, 0) is 26.2 Å². The zero-order valence-corrected chi connectivity index (χ0v) is 8.52. The zero-order chi connectivity index (χ0) is 10.4. The third-order valence-corrected chi connectivity index (χ3v) is 2.73. The Morgan fingerprint density at radius 2 is 2.21 bits per heavy atom. The molecule has 14 heavy (non-hydrogen) atoms. The first kappa shape index (κ1) is 11.5. The molecule has 1 fully saturated rings. The highest BCUT2D eigenvalue weighted by atomic mass is 19.3. The molecule has 1 N–H and O–H groups in total. The van der Waals surface area contributed by atoms with Gasteiger partial charge in [0.1, 0.15) is 0 Å². The summed E-state index contributed by atoms with van der Waals surface area (Å²) in [5.74, 6) is 5.26. The lowest BCUT2D eigenvalue weighted by Crippen LogP contribution is -2.36. The first-order valence-electron chi connectivity index (χ1n) is 5.15. The van der Waals surface area contributed by atoms with Crippen molar-refractivity contribution in [3.05, 3.63) is 0 Å². The van der Waals surface area contributed by atoms with Crippen LogP contribution in [0.25, 0.3) is 0 Å². The van der Waals surface area contributed by atoms with E-state index < -0.39 is 12.3 Å². The van der Waals surface area contributed by atoms with Crippen LogP contribution in [0.4, 0.5) is 8.78 Å². The summed E-state index contributed by atoms with van der Waals surface area (Å²) in [6, 6.07) is 0.239. The Bertz CT molecular complexity index is 217. The topological polar surface area (TPSA) is 12.0 Å². The maximum absolute atomic E-state index is 12.4. The lowest BCUT2D eigenvalue weighted by atomic mass is 9.86. The largest absolute Gasteiger partial charge is 0.303 e. The molecule has 0 amide bonds. The van der Waals surface area contributed by atoms with Crippen LogP contribution in [0.15, 0.2) is 0 Å². The molecule has 0 spiro atoms. The summed E-state index contributed by atoms with van der Waals surface area (Å²) < 4.78 is 24.9. The predicted molar refractivity (Wildman–Crippen MR) is 53.2 cm³/mol. The fraction of sp³-hybridized carbons (Fsp3) is 0.818. The smallest absolute Gasteiger partial charge is 0.241 e. The Morgan fingerprint density at radius 3 is 2.86 bits per heavy atom. The van der Waals surface area contributed by atoms with Crippen molar-refractivity contribution in [2.75, 3.05) is 6.54 Å². The van der Waals surface area contributed by atoms with E-state index in [1.54, 1.807) is 6.92 Å². The molecule has 1 rings (SSSR count). The molecule has 0 aromatic rings. The highest BCUT2D eigenvalue weighted by Gasteiger charge is 2.27. The average molecular weight is 201 g/mol. The van der Waals surface area contributed by atoms with Crippen molar-refractivity contribution in [3.8, 4) is 11.8 Å². The van der Waals surface area contributed by atoms with Crippen molar-refractivity contribution in [2.45, 2.75) is 45.1 Å². The van der Waals surface area contributed by atoms with Crippen molar-refractivity contribution < 1.29 is 8.78 Å². The van der Waals surface area contributed by atoms with Crippen LogP contribution in [0.2, 0.25) is 0 Å². The third kappa shape index (κ3) is 3.63. The van der Waals surface area contributed by atoms with Gasteiger partial charge in [-0.3, -0.25) is 0 Å². The Kier molecular flexibility index (Phi) is 4.89. The summed E-state index contributed by atoms with van der Waals surface area (Å²) in [4.78, 5) is 0. The van der Waals surface area contributed by atoms with Gasteiger partial charge in [-0.25, -0.2) is 8.78 Å². The number of alkyl halides is 2. The van der Waals surface area contributed by atoms with Gasteiger partial charge in [-0.15, -0.1) is 5.92 Å². The number of halogens is 2. The summed E-state index contributed by atoms with van der Waals surface area (Å²) in [6.45, 7) is 2.40. The van der Waals surface area contributed by atoms with E-state index in [9.17, 15) is 8.78 Å². The molecule has 2 atom stereocenters. The molecule has 3 heteroatoms. The molecule has 80 valence electrons. The number of hydrogen-bond donors (Lipinski definition) is 1. The number of nitrogens with one attached hydrogen (secondary N) is 1. The van der Waals surface area contributed by atoms with Gasteiger partial charge in [0.05, 0.1) is 6.54 Å². The monoisotopic (exact) mass is 201 g/mol. The number of rotatable bonds is 3. The quantitative estimate of drug-likeness (QED) is 0.691. The number of hydrogen-bond acceptors (Lipinski definition) is 1. The first-order chi connectivity index (χ1) is 6.74. The molecule has 0 heterocycles. The van der Waals surface area contributed by atoms with E-state index in [2.05, 4.69) is 17.2 Å². The molecular formula is C11H17F2N. The molecule has 0 aromatic heterocycles. The van der Waals surface area contributed by atoms with E-state index in [1.165, 1.54) is 0 Å². The minimum atomic E-state index is -2.16. The molecule has 0 radical (unpaired) electrons. The molecule has 0 aromatic carbocycles. The zero-order valence-electron chi connectivity index (χ0n) is 8.52. The molecule has 1 saturated carbocycles. The van der Waals surface area contributed by atoms with E-state index in [-0.39, 0.29) is 6.04 Å². The van der Waals surface area contributed by atoms with Gasteiger partial charge < -0.3 is 5.32 Å². The average Bonchev–Trinajstić information content (AvgIpc) is 2.19. The maximum atomic E-state index is 12.4. The van der Waals surface area contributed by atoms with Crippen LogP contribution in [0.1, 0.15) is 32.6 Å². The van der Waals surface area contributed by atoms with Gasteiger partial charge in [0, 0.05) is 12.0 Å². The lowest BCUT2D eigenvalue weighted by Gasteiger charge is -2.28. The molecular weight excluding hydrogens is 184 g/mol. The second-order valence-corrected chi connectivity index (χ2v) is 3.77. The van der Waals surface area contributed by atoms with Gasteiger partial charge >= 0.3 is 0 Å². The van der Waals surface area contributed by atoms with Crippen LogP contribution in [0, 0.1) is 17.8 Å². The SMILES string of the molecule is CC#CCNC1CCCC(C(F)F)C1. The summed E-state index contributed by atoms with van der Waals surface area (Å²) in [7, 11) is 0. The fourth-order valence-electron chi connectivity index (χ4n) is 1.93. The predicted octanol–water partition coefficient (Wildman–Crippen LogP) is 2.42. The van der Waals surface area contributed by atoms with Crippen molar-refractivity contribution in [3.63, 3.8) is 0 Å². The van der Waals surface area contributed by atoms with Crippen molar-refractivity contribution >= 4 is 0 Å². The highest BCUT2D eigenvalue weighted by molar-refractivity contribution is 4.98. The Morgan fingerprint density at radius 1 is 1.43 bits per heavy atom.